The highest BCUT2D eigenvalue weighted by Gasteiger charge is 2.21. The standard InChI is InChI=1S/C29H39N7O3/c1-3-6-22(9-12-37)33-27-26-25(34-29(30)35-27)23-7-4-5-8-24(23)36(26)18-20-15-19(17-32-28(20)38-2)16-31-21-10-13-39-14-11-21/h4-5,7-8,15,17,21-22,31,37H,3,6,9-14,16,18H2,1-2H3,(H3,30,33,34,35)/t22-/m0/s1. The van der Waals surface area contributed by atoms with Gasteiger partial charge >= 0.3 is 0 Å². The predicted octanol–water partition coefficient (Wildman–Crippen LogP) is 3.85. The summed E-state index contributed by atoms with van der Waals surface area (Å²) < 4.78 is 13.4. The van der Waals surface area contributed by atoms with Gasteiger partial charge in [-0.2, -0.15) is 4.98 Å². The number of nitrogens with zero attached hydrogens (tertiary/aromatic N) is 4. The Morgan fingerprint density at radius 2 is 2.03 bits per heavy atom. The van der Waals surface area contributed by atoms with E-state index < -0.39 is 0 Å². The molecule has 1 fully saturated rings. The monoisotopic (exact) mass is 533 g/mol. The third kappa shape index (κ3) is 6.08. The van der Waals surface area contributed by atoms with Crippen molar-refractivity contribution in [1.29, 1.82) is 0 Å². The maximum Gasteiger partial charge on any atom is 0.222 e. The van der Waals surface area contributed by atoms with Crippen LogP contribution in [0.2, 0.25) is 0 Å². The van der Waals surface area contributed by atoms with Crippen molar-refractivity contribution in [2.75, 3.05) is 38.0 Å². The molecule has 0 radical (unpaired) electrons. The zero-order valence-electron chi connectivity index (χ0n) is 22.8. The minimum absolute atomic E-state index is 0.0692. The van der Waals surface area contributed by atoms with Gasteiger partial charge in [-0.25, -0.2) is 9.97 Å². The van der Waals surface area contributed by atoms with Crippen LogP contribution in [0.1, 0.15) is 50.2 Å². The van der Waals surface area contributed by atoms with Crippen molar-refractivity contribution in [3.05, 3.63) is 47.7 Å². The van der Waals surface area contributed by atoms with Crippen molar-refractivity contribution in [3.63, 3.8) is 0 Å². The Bertz CT molecular complexity index is 1390. The second-order valence-electron chi connectivity index (χ2n) is 10.2. The van der Waals surface area contributed by atoms with E-state index >= 15 is 0 Å². The SMILES string of the molecule is CCC[C@@H](CCO)Nc1nc(N)nc2c3ccccc3n(Cc3cc(CNC4CCOCC4)cnc3OC)c12. The lowest BCUT2D eigenvalue weighted by Crippen LogP contribution is -2.34. The summed E-state index contributed by atoms with van der Waals surface area (Å²) in [4.78, 5) is 13.9. The second kappa shape index (κ2) is 12.6. The number of para-hydroxylation sites is 1. The number of nitrogens with one attached hydrogen (secondary N) is 2. The molecule has 0 aliphatic carbocycles. The molecule has 4 heterocycles. The molecule has 1 atom stereocenters. The first-order chi connectivity index (χ1) is 19.1. The summed E-state index contributed by atoms with van der Waals surface area (Å²) >= 11 is 0. The first-order valence-electron chi connectivity index (χ1n) is 13.9. The average molecular weight is 534 g/mol. The smallest absolute Gasteiger partial charge is 0.222 e. The Kier molecular flexibility index (Phi) is 8.75. The summed E-state index contributed by atoms with van der Waals surface area (Å²) in [6, 6.07) is 10.9. The van der Waals surface area contributed by atoms with Gasteiger partial charge in [-0.1, -0.05) is 31.5 Å². The normalized spacial score (nSPS) is 15.2. The average Bonchev–Trinajstić information content (AvgIpc) is 3.26. The number of hydrogen-bond donors (Lipinski definition) is 4. The number of nitrogen functional groups attached to an aromatic ring is 1. The third-order valence-electron chi connectivity index (χ3n) is 7.40. The number of nitrogens with two attached hydrogens (primary N) is 1. The number of hydrogen-bond acceptors (Lipinski definition) is 9. The van der Waals surface area contributed by atoms with E-state index in [2.05, 4.69) is 55.3 Å². The van der Waals surface area contributed by atoms with Crippen LogP contribution in [0.3, 0.4) is 0 Å². The molecule has 5 N–H and O–H groups in total. The number of ether oxygens (including phenoxy) is 2. The largest absolute Gasteiger partial charge is 0.481 e. The molecule has 1 aliphatic rings. The van der Waals surface area contributed by atoms with E-state index in [1.165, 1.54) is 0 Å². The molecule has 0 amide bonds. The Morgan fingerprint density at radius 1 is 1.21 bits per heavy atom. The summed E-state index contributed by atoms with van der Waals surface area (Å²) in [5.74, 6) is 1.48. The van der Waals surface area contributed by atoms with Crippen LogP contribution in [0, 0.1) is 0 Å². The van der Waals surface area contributed by atoms with Gasteiger partial charge < -0.3 is 35.5 Å². The van der Waals surface area contributed by atoms with Crippen LogP contribution in [0.5, 0.6) is 5.88 Å². The Balaban J connectivity index is 1.55. The fraction of sp³-hybridized carbons (Fsp3) is 0.483. The van der Waals surface area contributed by atoms with Crippen LogP contribution in [-0.4, -0.2) is 63.6 Å². The molecule has 39 heavy (non-hydrogen) atoms. The van der Waals surface area contributed by atoms with Crippen molar-refractivity contribution >= 4 is 33.7 Å². The fourth-order valence-electron chi connectivity index (χ4n) is 5.47. The lowest BCUT2D eigenvalue weighted by Gasteiger charge is -2.23. The number of methoxy groups -OCH3 is 1. The van der Waals surface area contributed by atoms with E-state index in [0.29, 0.717) is 30.7 Å². The van der Waals surface area contributed by atoms with Crippen LogP contribution < -0.4 is 21.1 Å². The molecule has 208 valence electrons. The van der Waals surface area contributed by atoms with E-state index in [4.69, 9.17) is 15.2 Å². The number of benzene rings is 1. The molecule has 10 heteroatoms. The van der Waals surface area contributed by atoms with Gasteiger partial charge in [0.25, 0.3) is 0 Å². The van der Waals surface area contributed by atoms with Crippen molar-refractivity contribution in [3.8, 4) is 5.88 Å². The van der Waals surface area contributed by atoms with E-state index in [9.17, 15) is 5.11 Å². The number of aliphatic hydroxyl groups is 1. The van der Waals surface area contributed by atoms with Gasteiger partial charge in [-0.3, -0.25) is 0 Å². The minimum Gasteiger partial charge on any atom is -0.481 e. The fourth-order valence-corrected chi connectivity index (χ4v) is 5.47. The van der Waals surface area contributed by atoms with Gasteiger partial charge in [0.15, 0.2) is 5.82 Å². The molecule has 0 saturated carbocycles. The lowest BCUT2D eigenvalue weighted by atomic mass is 10.1. The number of aromatic nitrogens is 4. The van der Waals surface area contributed by atoms with Gasteiger partial charge in [0, 0.05) is 55.6 Å². The number of rotatable bonds is 12. The minimum atomic E-state index is 0.0692. The van der Waals surface area contributed by atoms with Crippen LogP contribution in [0.15, 0.2) is 36.5 Å². The number of anilines is 2. The van der Waals surface area contributed by atoms with Crippen LogP contribution >= 0.6 is 0 Å². The van der Waals surface area contributed by atoms with E-state index in [0.717, 1.165) is 78.5 Å². The highest BCUT2D eigenvalue weighted by Crippen LogP contribution is 2.34. The van der Waals surface area contributed by atoms with Gasteiger partial charge in [0.1, 0.15) is 11.0 Å². The van der Waals surface area contributed by atoms with E-state index in [-0.39, 0.29) is 18.6 Å². The first kappa shape index (κ1) is 27.1. The van der Waals surface area contributed by atoms with Gasteiger partial charge in [0.05, 0.1) is 19.2 Å². The second-order valence-corrected chi connectivity index (χ2v) is 10.2. The molecule has 4 aromatic rings. The molecule has 1 aromatic carbocycles. The molecule has 0 spiro atoms. The molecule has 3 aromatic heterocycles. The van der Waals surface area contributed by atoms with Crippen molar-refractivity contribution in [2.24, 2.45) is 0 Å². The topological polar surface area (TPSA) is 132 Å². The summed E-state index contributed by atoms with van der Waals surface area (Å²) in [5, 5.41) is 17.9. The van der Waals surface area contributed by atoms with Crippen molar-refractivity contribution in [2.45, 2.75) is 64.2 Å². The van der Waals surface area contributed by atoms with E-state index in [1.54, 1.807) is 7.11 Å². The zero-order chi connectivity index (χ0) is 27.2. The quantitative estimate of drug-likeness (QED) is 0.214. The number of aliphatic hydroxyl groups excluding tert-OH is 1. The van der Waals surface area contributed by atoms with Gasteiger partial charge in [-0.15, -0.1) is 0 Å². The number of fused-ring (bicyclic) bond motifs is 3. The Morgan fingerprint density at radius 3 is 2.79 bits per heavy atom. The summed E-state index contributed by atoms with van der Waals surface area (Å²) in [7, 11) is 1.65. The van der Waals surface area contributed by atoms with Crippen LogP contribution in [0.25, 0.3) is 21.9 Å². The molecule has 0 unspecified atom stereocenters. The van der Waals surface area contributed by atoms with Gasteiger partial charge in [0.2, 0.25) is 11.8 Å². The first-order valence-corrected chi connectivity index (χ1v) is 13.9. The van der Waals surface area contributed by atoms with Crippen molar-refractivity contribution < 1.29 is 14.6 Å². The summed E-state index contributed by atoms with van der Waals surface area (Å²) in [6.07, 6.45) is 6.44. The Hall–Kier alpha value is -3.47. The Labute approximate surface area is 228 Å². The van der Waals surface area contributed by atoms with E-state index in [1.807, 2.05) is 18.3 Å². The van der Waals surface area contributed by atoms with Gasteiger partial charge in [-0.05, 0) is 43.4 Å². The maximum atomic E-state index is 9.65. The maximum absolute atomic E-state index is 9.65. The molecule has 0 bridgehead atoms. The zero-order valence-corrected chi connectivity index (χ0v) is 22.8. The summed E-state index contributed by atoms with van der Waals surface area (Å²) in [5.41, 5.74) is 11.0. The van der Waals surface area contributed by atoms with Crippen LogP contribution in [0.4, 0.5) is 11.8 Å². The molecule has 5 rings (SSSR count). The molecule has 10 nitrogen and oxygen atoms in total. The lowest BCUT2D eigenvalue weighted by molar-refractivity contribution is 0.0776. The summed E-state index contributed by atoms with van der Waals surface area (Å²) in [6.45, 7) is 5.09. The molecular weight excluding hydrogens is 494 g/mol. The number of pyridine rings is 1. The molecular formula is C29H39N7O3. The predicted molar refractivity (Wildman–Crippen MR) is 154 cm³/mol. The van der Waals surface area contributed by atoms with Crippen molar-refractivity contribution in [1.82, 2.24) is 24.8 Å². The van der Waals surface area contributed by atoms with Crippen LogP contribution in [-0.2, 0) is 17.8 Å². The highest BCUT2D eigenvalue weighted by atomic mass is 16.5. The highest BCUT2D eigenvalue weighted by molar-refractivity contribution is 6.09. The third-order valence-corrected chi connectivity index (χ3v) is 7.40. The molecule has 1 aliphatic heterocycles. The molecule has 1 saturated heterocycles.